The second-order valence-electron chi connectivity index (χ2n) is 11.5. The Bertz CT molecular complexity index is 1600. The van der Waals surface area contributed by atoms with Crippen LogP contribution in [0.2, 0.25) is 0 Å². The van der Waals surface area contributed by atoms with Crippen molar-refractivity contribution in [1.29, 1.82) is 0 Å². The van der Waals surface area contributed by atoms with E-state index in [0.717, 1.165) is 61.4 Å². The molecule has 0 radical (unpaired) electrons. The fourth-order valence-corrected chi connectivity index (χ4v) is 6.28. The SMILES string of the molecule is CCC1CCC1(C(=O)O)c1ccc(-c2noc(-c3cc(C)n(Cc4cccc(C(=O)N5CCN(C)CC5)c4)n3)n2)cc1. The van der Waals surface area contributed by atoms with Gasteiger partial charge in [-0.15, -0.1) is 0 Å². The minimum Gasteiger partial charge on any atom is -0.481 e. The number of carbonyl (C=O) groups is 2. The van der Waals surface area contributed by atoms with Crippen molar-refractivity contribution in [1.82, 2.24) is 29.7 Å². The molecule has 2 aromatic heterocycles. The summed E-state index contributed by atoms with van der Waals surface area (Å²) >= 11 is 0. The molecule has 2 atom stereocenters. The number of hydrogen-bond donors (Lipinski definition) is 1. The first-order valence-electron chi connectivity index (χ1n) is 14.6. The molecule has 1 aliphatic heterocycles. The van der Waals surface area contributed by atoms with Crippen LogP contribution in [-0.4, -0.2) is 79.9 Å². The third-order valence-corrected chi connectivity index (χ3v) is 9.04. The van der Waals surface area contributed by atoms with E-state index in [-0.39, 0.29) is 11.8 Å². The number of amides is 1. The number of hydrogen-bond acceptors (Lipinski definition) is 7. The average molecular weight is 569 g/mol. The van der Waals surface area contributed by atoms with E-state index in [9.17, 15) is 14.7 Å². The number of aryl methyl sites for hydroxylation is 1. The topological polar surface area (TPSA) is 118 Å². The van der Waals surface area contributed by atoms with Gasteiger partial charge in [-0.1, -0.05) is 54.9 Å². The highest BCUT2D eigenvalue weighted by Crippen LogP contribution is 2.50. The van der Waals surface area contributed by atoms with Crippen molar-refractivity contribution < 1.29 is 19.2 Å². The Morgan fingerprint density at radius 3 is 2.50 bits per heavy atom. The smallest absolute Gasteiger partial charge is 0.314 e. The number of carbonyl (C=O) groups excluding carboxylic acids is 1. The van der Waals surface area contributed by atoms with Gasteiger partial charge in [-0.05, 0) is 62.1 Å². The van der Waals surface area contributed by atoms with Gasteiger partial charge in [0.1, 0.15) is 0 Å². The molecule has 42 heavy (non-hydrogen) atoms. The molecule has 10 heteroatoms. The maximum absolute atomic E-state index is 13.1. The molecule has 0 spiro atoms. The quantitative estimate of drug-likeness (QED) is 0.331. The summed E-state index contributed by atoms with van der Waals surface area (Å²) in [5.41, 5.74) is 3.93. The monoisotopic (exact) mass is 568 g/mol. The number of nitrogens with zero attached hydrogens (tertiary/aromatic N) is 6. The van der Waals surface area contributed by atoms with Gasteiger partial charge in [-0.25, -0.2) is 0 Å². The van der Waals surface area contributed by atoms with E-state index in [0.29, 0.717) is 35.9 Å². The van der Waals surface area contributed by atoms with E-state index in [1.807, 2.05) is 78.0 Å². The Labute approximate surface area is 244 Å². The molecule has 1 saturated carbocycles. The molecule has 1 saturated heterocycles. The van der Waals surface area contributed by atoms with E-state index in [1.165, 1.54) is 0 Å². The lowest BCUT2D eigenvalue weighted by Crippen LogP contribution is -2.50. The van der Waals surface area contributed by atoms with Crippen molar-refractivity contribution in [2.45, 2.75) is 45.1 Å². The first kappa shape index (κ1) is 27.8. The van der Waals surface area contributed by atoms with E-state index in [2.05, 4.69) is 22.1 Å². The summed E-state index contributed by atoms with van der Waals surface area (Å²) in [4.78, 5) is 34.0. The van der Waals surface area contributed by atoms with Gasteiger partial charge < -0.3 is 19.4 Å². The lowest BCUT2D eigenvalue weighted by molar-refractivity contribution is -0.151. The first-order valence-corrected chi connectivity index (χ1v) is 14.6. The molecule has 2 aliphatic rings. The number of carboxylic acid groups (broad SMARTS) is 1. The molecular weight excluding hydrogens is 532 g/mol. The van der Waals surface area contributed by atoms with Gasteiger partial charge in [-0.3, -0.25) is 14.3 Å². The predicted octanol–water partition coefficient (Wildman–Crippen LogP) is 4.49. The standard InChI is InChI=1S/C32H36N6O4/c1-4-25-12-13-32(25,31(40)41)26-10-8-23(9-11-26)28-33-29(42-35-28)27-18-21(2)38(34-27)20-22-6-5-7-24(19-22)30(39)37-16-14-36(3)15-17-37/h5-11,18-19,25H,4,12-17,20H2,1-3H3,(H,40,41). The normalized spacial score (nSPS) is 20.8. The lowest BCUT2D eigenvalue weighted by atomic mass is 9.56. The number of likely N-dealkylation sites (N-methyl/N-ethyl adjacent to an activating group) is 1. The molecule has 1 amide bonds. The fraction of sp³-hybridized carbons (Fsp3) is 0.406. The van der Waals surface area contributed by atoms with E-state index >= 15 is 0 Å². The third kappa shape index (κ3) is 5.00. The molecule has 2 fully saturated rings. The largest absolute Gasteiger partial charge is 0.481 e. The number of aromatic nitrogens is 4. The zero-order valence-electron chi connectivity index (χ0n) is 24.3. The second-order valence-corrected chi connectivity index (χ2v) is 11.5. The van der Waals surface area contributed by atoms with Gasteiger partial charge in [0.15, 0.2) is 5.69 Å². The van der Waals surface area contributed by atoms with E-state index < -0.39 is 11.4 Å². The van der Waals surface area contributed by atoms with Crippen LogP contribution in [0.3, 0.4) is 0 Å². The molecule has 1 N–H and O–H groups in total. The molecule has 2 aromatic carbocycles. The summed E-state index contributed by atoms with van der Waals surface area (Å²) in [6, 6.07) is 17.1. The Morgan fingerprint density at radius 1 is 1.07 bits per heavy atom. The average Bonchev–Trinajstić information content (AvgIpc) is 3.61. The van der Waals surface area contributed by atoms with Crippen molar-refractivity contribution >= 4 is 11.9 Å². The predicted molar refractivity (Wildman–Crippen MR) is 157 cm³/mol. The fourth-order valence-electron chi connectivity index (χ4n) is 6.28. The van der Waals surface area contributed by atoms with Gasteiger partial charge in [0.05, 0.1) is 12.0 Å². The van der Waals surface area contributed by atoms with E-state index in [4.69, 9.17) is 9.62 Å². The van der Waals surface area contributed by atoms with Crippen molar-refractivity contribution in [3.05, 3.63) is 77.0 Å². The molecule has 6 rings (SSSR count). The molecule has 10 nitrogen and oxygen atoms in total. The zero-order chi connectivity index (χ0) is 29.4. The number of carboxylic acids is 1. The zero-order valence-corrected chi connectivity index (χ0v) is 24.3. The van der Waals surface area contributed by atoms with Gasteiger partial charge >= 0.3 is 5.97 Å². The maximum atomic E-state index is 13.1. The Kier molecular flexibility index (Phi) is 7.40. The number of rotatable bonds is 8. The van der Waals surface area contributed by atoms with Crippen LogP contribution < -0.4 is 0 Å². The first-order chi connectivity index (χ1) is 20.3. The second kappa shape index (κ2) is 11.2. The van der Waals surface area contributed by atoms with Crippen LogP contribution in [0.4, 0.5) is 0 Å². The Balaban J connectivity index is 1.16. The number of benzene rings is 2. The minimum absolute atomic E-state index is 0.0604. The summed E-state index contributed by atoms with van der Waals surface area (Å²) in [5.74, 6) is 0.182. The van der Waals surface area contributed by atoms with Crippen molar-refractivity contribution in [3.8, 4) is 23.0 Å². The Morgan fingerprint density at radius 2 is 1.83 bits per heavy atom. The molecule has 2 unspecified atom stereocenters. The summed E-state index contributed by atoms with van der Waals surface area (Å²) in [7, 11) is 2.07. The number of aliphatic carboxylic acids is 1. The van der Waals surface area contributed by atoms with Gasteiger partial charge in [0.25, 0.3) is 11.8 Å². The van der Waals surface area contributed by atoms with Crippen LogP contribution in [-0.2, 0) is 16.8 Å². The minimum atomic E-state index is -0.808. The van der Waals surface area contributed by atoms with E-state index in [1.54, 1.807) is 0 Å². The summed E-state index contributed by atoms with van der Waals surface area (Å²) in [6.07, 6.45) is 2.44. The highest BCUT2D eigenvalue weighted by Gasteiger charge is 2.53. The van der Waals surface area contributed by atoms with Crippen LogP contribution in [0, 0.1) is 12.8 Å². The summed E-state index contributed by atoms with van der Waals surface area (Å²) in [6.45, 7) is 7.76. The highest BCUT2D eigenvalue weighted by atomic mass is 16.5. The van der Waals surface area contributed by atoms with Crippen LogP contribution in [0.15, 0.2) is 59.1 Å². The highest BCUT2D eigenvalue weighted by molar-refractivity contribution is 5.94. The summed E-state index contributed by atoms with van der Waals surface area (Å²) < 4.78 is 7.43. The molecule has 0 bridgehead atoms. The van der Waals surface area contributed by atoms with Crippen LogP contribution in [0.1, 0.15) is 53.4 Å². The van der Waals surface area contributed by atoms with Gasteiger partial charge in [-0.2, -0.15) is 10.1 Å². The van der Waals surface area contributed by atoms with Gasteiger partial charge in [0.2, 0.25) is 5.82 Å². The van der Waals surface area contributed by atoms with Crippen molar-refractivity contribution in [2.24, 2.45) is 5.92 Å². The van der Waals surface area contributed by atoms with Crippen LogP contribution in [0.5, 0.6) is 0 Å². The molecule has 3 heterocycles. The Hall–Kier alpha value is -4.31. The lowest BCUT2D eigenvalue weighted by Gasteiger charge is -2.46. The van der Waals surface area contributed by atoms with Crippen LogP contribution >= 0.6 is 0 Å². The third-order valence-electron chi connectivity index (χ3n) is 9.04. The molecular formula is C32H36N6O4. The maximum Gasteiger partial charge on any atom is 0.314 e. The molecule has 1 aliphatic carbocycles. The summed E-state index contributed by atoms with van der Waals surface area (Å²) in [5, 5.41) is 18.9. The molecule has 4 aromatic rings. The van der Waals surface area contributed by atoms with Crippen molar-refractivity contribution in [2.75, 3.05) is 33.2 Å². The van der Waals surface area contributed by atoms with Crippen molar-refractivity contribution in [3.63, 3.8) is 0 Å². The van der Waals surface area contributed by atoms with Crippen LogP contribution in [0.25, 0.3) is 23.0 Å². The number of piperazine rings is 1. The van der Waals surface area contributed by atoms with Gasteiger partial charge in [0, 0.05) is 43.0 Å². The molecule has 218 valence electrons.